The number of benzene rings is 4. The third-order valence-electron chi connectivity index (χ3n) is 9.80. The van der Waals surface area contributed by atoms with Gasteiger partial charge in [0.25, 0.3) is 0 Å². The molecule has 56 heavy (non-hydrogen) atoms. The molecule has 0 spiro atoms. The van der Waals surface area contributed by atoms with Crippen LogP contribution in [0, 0.1) is 0 Å². The van der Waals surface area contributed by atoms with Crippen molar-refractivity contribution in [2.45, 2.75) is 37.9 Å². The van der Waals surface area contributed by atoms with Crippen LogP contribution < -0.4 is 9.47 Å². The Morgan fingerprint density at radius 1 is 0.518 bits per heavy atom. The highest BCUT2D eigenvalue weighted by Gasteiger charge is 2.30. The third-order valence-corrected chi connectivity index (χ3v) is 10.2. The zero-order valence-corrected chi connectivity index (χ0v) is 31.8. The molecule has 2 unspecified atom stereocenters. The summed E-state index contributed by atoms with van der Waals surface area (Å²) in [7, 11) is 0. The molecule has 0 amide bonds. The summed E-state index contributed by atoms with van der Waals surface area (Å²) in [6.45, 7) is 0.633. The van der Waals surface area contributed by atoms with Gasteiger partial charge < -0.3 is 9.47 Å². The van der Waals surface area contributed by atoms with Gasteiger partial charge in [-0.05, 0) is 108 Å². The molecule has 4 aromatic heterocycles. The van der Waals surface area contributed by atoms with Crippen LogP contribution in [-0.4, -0.2) is 25.7 Å². The number of Topliss-reactive ketones (excluding diaryl/α,β-unsaturated/α-hetero) is 1. The summed E-state index contributed by atoms with van der Waals surface area (Å²) in [5.41, 5.74) is 7.04. The Morgan fingerprint density at radius 3 is 1.38 bits per heavy atom. The van der Waals surface area contributed by atoms with Crippen LogP contribution in [0.1, 0.15) is 45.5 Å². The van der Waals surface area contributed by atoms with Gasteiger partial charge in [-0.25, -0.2) is 19.9 Å². The first-order valence-corrected chi connectivity index (χ1v) is 19.1. The van der Waals surface area contributed by atoms with Gasteiger partial charge in [-0.15, -0.1) is 0 Å². The molecule has 4 aromatic carbocycles. The normalized spacial score (nSPS) is 12.3. The molecule has 2 atom stereocenters. The van der Waals surface area contributed by atoms with E-state index in [0.29, 0.717) is 47.9 Å². The van der Waals surface area contributed by atoms with Crippen molar-refractivity contribution in [1.82, 2.24) is 19.9 Å². The molecule has 0 bridgehead atoms. The predicted octanol–water partition coefficient (Wildman–Crippen LogP) is 11.0. The van der Waals surface area contributed by atoms with Crippen molar-refractivity contribution in [3.8, 4) is 11.5 Å². The second-order valence-corrected chi connectivity index (χ2v) is 14.4. The van der Waals surface area contributed by atoms with Gasteiger partial charge in [0.05, 0.1) is 22.4 Å². The average Bonchev–Trinajstić information content (AvgIpc) is 3.23. The lowest BCUT2D eigenvalue weighted by Crippen LogP contribution is -2.24. The maximum atomic E-state index is 15.1. The van der Waals surface area contributed by atoms with Crippen molar-refractivity contribution >= 4 is 50.8 Å². The van der Waals surface area contributed by atoms with Crippen molar-refractivity contribution < 1.29 is 14.3 Å². The molecule has 8 aromatic rings. The van der Waals surface area contributed by atoms with Gasteiger partial charge >= 0.3 is 0 Å². The van der Waals surface area contributed by atoms with Crippen LogP contribution in [0.5, 0.6) is 11.5 Å². The van der Waals surface area contributed by atoms with Crippen LogP contribution in [0.25, 0.3) is 21.8 Å². The van der Waals surface area contributed by atoms with Gasteiger partial charge in [-0.1, -0.05) is 96.0 Å². The number of ether oxygens (including phenoxy) is 2. The predicted molar refractivity (Wildman–Crippen MR) is 221 cm³/mol. The maximum Gasteiger partial charge on any atom is 0.148 e. The Kier molecular flexibility index (Phi) is 11.2. The molecule has 8 rings (SSSR count). The Balaban J connectivity index is 1.05. The fraction of sp³-hybridized carbons (Fsp3) is 0.128. The van der Waals surface area contributed by atoms with Gasteiger partial charge in [-0.3, -0.25) is 4.79 Å². The first-order chi connectivity index (χ1) is 27.4. The van der Waals surface area contributed by atoms with E-state index in [-0.39, 0.29) is 5.78 Å². The topological polar surface area (TPSA) is 87.1 Å². The van der Waals surface area contributed by atoms with Crippen LogP contribution in [0.4, 0.5) is 0 Å². The molecule has 0 fully saturated rings. The molecular formula is C47H36Cl2N4O3. The fourth-order valence-corrected chi connectivity index (χ4v) is 7.30. The van der Waals surface area contributed by atoms with Gasteiger partial charge in [0.15, 0.2) is 0 Å². The number of aromatic nitrogens is 4. The molecular weight excluding hydrogens is 739 g/mol. The van der Waals surface area contributed by atoms with E-state index in [1.165, 1.54) is 0 Å². The first kappa shape index (κ1) is 36.8. The second kappa shape index (κ2) is 17.1. The van der Waals surface area contributed by atoms with E-state index in [1.807, 2.05) is 146 Å². The number of fused-ring (bicyclic) bond motifs is 2. The van der Waals surface area contributed by atoms with E-state index in [0.717, 1.165) is 55.4 Å². The monoisotopic (exact) mass is 774 g/mol. The molecule has 4 heterocycles. The number of carbonyl (C=O) groups is 1. The van der Waals surface area contributed by atoms with Crippen LogP contribution in [-0.2, 0) is 30.8 Å². The van der Waals surface area contributed by atoms with E-state index in [4.69, 9.17) is 42.6 Å². The molecule has 0 saturated heterocycles. The Hall–Kier alpha value is -6.15. The van der Waals surface area contributed by atoms with Crippen LogP contribution >= 0.6 is 23.2 Å². The third kappa shape index (κ3) is 9.03. The minimum absolute atomic E-state index is 0.0499. The minimum Gasteiger partial charge on any atom is -0.487 e. The average molecular weight is 776 g/mol. The van der Waals surface area contributed by atoms with Crippen LogP contribution in [0.15, 0.2) is 158 Å². The second-order valence-electron chi connectivity index (χ2n) is 13.6. The molecule has 0 aliphatic rings. The SMILES string of the molecule is O=C(C(Cc1ccnc(Cl)c1)c1ccc(OCc2ccc3ccccc3n2)cc1)C(Cc1ccnc(Cl)c1)c1ccc(OCc2ccc3ccccc3n2)cc1. The maximum absolute atomic E-state index is 15.1. The zero-order valence-electron chi connectivity index (χ0n) is 30.3. The molecule has 0 aliphatic carbocycles. The fourth-order valence-electron chi connectivity index (χ4n) is 6.90. The highest BCUT2D eigenvalue weighted by Crippen LogP contribution is 2.34. The smallest absolute Gasteiger partial charge is 0.148 e. The highest BCUT2D eigenvalue weighted by molar-refractivity contribution is 6.29. The Labute approximate surface area is 335 Å². The molecule has 0 radical (unpaired) electrons. The molecule has 7 nitrogen and oxygen atoms in total. The van der Waals surface area contributed by atoms with Crippen molar-refractivity contribution in [3.63, 3.8) is 0 Å². The number of rotatable bonds is 14. The van der Waals surface area contributed by atoms with Gasteiger partial charge in [0.1, 0.15) is 40.8 Å². The summed E-state index contributed by atoms with van der Waals surface area (Å²) < 4.78 is 12.3. The van der Waals surface area contributed by atoms with Crippen molar-refractivity contribution in [2.24, 2.45) is 0 Å². The lowest BCUT2D eigenvalue weighted by Gasteiger charge is -2.24. The van der Waals surface area contributed by atoms with Crippen molar-refractivity contribution in [2.75, 3.05) is 0 Å². The molecule has 0 saturated carbocycles. The minimum atomic E-state index is -0.512. The largest absolute Gasteiger partial charge is 0.487 e. The number of ketones is 1. The Bertz CT molecular complexity index is 2440. The number of pyridine rings is 4. The molecule has 9 heteroatoms. The zero-order chi connectivity index (χ0) is 38.3. The van der Waals surface area contributed by atoms with E-state index in [9.17, 15) is 0 Å². The first-order valence-electron chi connectivity index (χ1n) is 18.3. The number of nitrogens with zero attached hydrogens (tertiary/aromatic N) is 4. The summed E-state index contributed by atoms with van der Waals surface area (Å²) in [6.07, 6.45) is 4.19. The number of carbonyl (C=O) groups excluding carboxylic acids is 1. The summed E-state index contributed by atoms with van der Waals surface area (Å²) in [5, 5.41) is 2.90. The van der Waals surface area contributed by atoms with E-state index in [1.54, 1.807) is 12.4 Å². The Morgan fingerprint density at radius 2 is 0.946 bits per heavy atom. The number of hydrogen-bond acceptors (Lipinski definition) is 7. The number of halogens is 2. The quantitative estimate of drug-likeness (QED) is 0.102. The van der Waals surface area contributed by atoms with Crippen molar-refractivity contribution in [3.05, 3.63) is 202 Å². The molecule has 276 valence electrons. The van der Waals surface area contributed by atoms with Gasteiger partial charge in [-0.2, -0.15) is 0 Å². The lowest BCUT2D eigenvalue weighted by molar-refractivity contribution is -0.122. The van der Waals surface area contributed by atoms with Crippen molar-refractivity contribution in [1.29, 1.82) is 0 Å². The van der Waals surface area contributed by atoms with E-state index in [2.05, 4.69) is 9.97 Å². The lowest BCUT2D eigenvalue weighted by atomic mass is 9.78. The number of hydrogen-bond donors (Lipinski definition) is 0. The summed E-state index contributed by atoms with van der Waals surface area (Å²) >= 11 is 12.7. The van der Waals surface area contributed by atoms with Gasteiger partial charge in [0, 0.05) is 35.0 Å². The number of para-hydroxylation sites is 2. The van der Waals surface area contributed by atoms with Crippen LogP contribution in [0.2, 0.25) is 10.3 Å². The summed E-state index contributed by atoms with van der Waals surface area (Å²) in [5.74, 6) is 0.386. The van der Waals surface area contributed by atoms with Gasteiger partial charge in [0.2, 0.25) is 0 Å². The summed E-state index contributed by atoms with van der Waals surface area (Å²) in [4.78, 5) is 32.8. The van der Waals surface area contributed by atoms with Crippen LogP contribution in [0.3, 0.4) is 0 Å². The highest BCUT2D eigenvalue weighted by atomic mass is 35.5. The standard InChI is InChI=1S/C47H36Cl2N4O3/c48-45-27-31(21-23-50-45)25-41(33-11-17-39(18-12-33)55-29-37-15-9-35-5-1-3-7-43(35)52-37)47(54)42(26-32-22-24-51-46(49)28-32)34-13-19-40(20-14-34)56-30-38-16-10-36-6-2-4-8-44(36)53-38/h1-24,27-28,41-42H,25-26,29-30H2. The molecule has 0 N–H and O–H groups in total. The summed E-state index contributed by atoms with van der Waals surface area (Å²) in [6, 6.07) is 46.9. The molecule has 0 aliphatic heterocycles. The van der Waals surface area contributed by atoms with E-state index < -0.39 is 11.8 Å². The van der Waals surface area contributed by atoms with E-state index >= 15 is 4.79 Å².